The molecular formula is C21H21Cl3N2O2. The second-order valence-electron chi connectivity index (χ2n) is 5.93. The molecule has 148 valence electrons. The fourth-order valence-electron chi connectivity index (χ4n) is 2.57. The highest BCUT2D eigenvalue weighted by Gasteiger charge is 2.08. The minimum Gasteiger partial charge on any atom is -0.493 e. The molecule has 1 N–H and O–H groups in total. The van der Waals surface area contributed by atoms with Gasteiger partial charge in [0.15, 0.2) is 11.5 Å². The van der Waals surface area contributed by atoms with E-state index in [1.165, 1.54) is 0 Å². The van der Waals surface area contributed by atoms with Crippen molar-refractivity contribution in [3.05, 3.63) is 87.7 Å². The zero-order valence-corrected chi connectivity index (χ0v) is 17.7. The molecule has 4 nitrogen and oxygen atoms in total. The molecule has 2 aromatic carbocycles. The Balaban J connectivity index is 0.00000280. The number of pyridine rings is 1. The van der Waals surface area contributed by atoms with Gasteiger partial charge in [0.2, 0.25) is 0 Å². The summed E-state index contributed by atoms with van der Waals surface area (Å²) >= 11 is 12.1. The molecule has 0 saturated heterocycles. The highest BCUT2D eigenvalue weighted by molar-refractivity contribution is 6.35. The lowest BCUT2D eigenvalue weighted by molar-refractivity contribution is 0.284. The van der Waals surface area contributed by atoms with E-state index >= 15 is 0 Å². The number of nitrogens with zero attached hydrogens (tertiary/aromatic N) is 1. The summed E-state index contributed by atoms with van der Waals surface area (Å²) in [7, 11) is 1.63. The lowest BCUT2D eigenvalue weighted by atomic mass is 10.2. The molecule has 0 aliphatic carbocycles. The van der Waals surface area contributed by atoms with Crippen LogP contribution < -0.4 is 14.8 Å². The maximum Gasteiger partial charge on any atom is 0.161 e. The summed E-state index contributed by atoms with van der Waals surface area (Å²) in [5.41, 5.74) is 2.97. The first-order valence-corrected chi connectivity index (χ1v) is 9.25. The Bertz CT molecular complexity index is 892. The van der Waals surface area contributed by atoms with E-state index < -0.39 is 0 Å². The molecule has 0 unspecified atom stereocenters. The molecule has 0 amide bonds. The maximum atomic E-state index is 6.19. The van der Waals surface area contributed by atoms with E-state index in [-0.39, 0.29) is 12.4 Å². The minimum absolute atomic E-state index is 0. The first-order chi connectivity index (χ1) is 13.2. The van der Waals surface area contributed by atoms with Gasteiger partial charge in [-0.25, -0.2) is 0 Å². The average molecular weight is 440 g/mol. The quantitative estimate of drug-likeness (QED) is 0.490. The second-order valence-corrected chi connectivity index (χ2v) is 6.78. The molecule has 0 bridgehead atoms. The molecule has 3 rings (SSSR count). The van der Waals surface area contributed by atoms with Crippen LogP contribution in [0.2, 0.25) is 10.0 Å². The van der Waals surface area contributed by atoms with Crippen LogP contribution in [-0.2, 0) is 19.7 Å². The third-order valence-corrected chi connectivity index (χ3v) is 4.57. The number of nitrogens with one attached hydrogen (secondary N) is 1. The van der Waals surface area contributed by atoms with Gasteiger partial charge in [-0.05, 0) is 42.0 Å². The van der Waals surface area contributed by atoms with Crippen LogP contribution >= 0.6 is 35.6 Å². The number of ether oxygens (including phenoxy) is 2. The fourth-order valence-corrected chi connectivity index (χ4v) is 3.04. The molecule has 0 saturated carbocycles. The molecule has 1 heterocycles. The molecule has 0 aliphatic rings. The molecule has 0 atom stereocenters. The third kappa shape index (κ3) is 6.28. The van der Waals surface area contributed by atoms with E-state index in [9.17, 15) is 0 Å². The van der Waals surface area contributed by atoms with Crippen molar-refractivity contribution >= 4 is 35.6 Å². The molecule has 28 heavy (non-hydrogen) atoms. The van der Waals surface area contributed by atoms with Crippen molar-refractivity contribution in [3.8, 4) is 11.5 Å². The van der Waals surface area contributed by atoms with Gasteiger partial charge in [-0.3, -0.25) is 4.98 Å². The molecule has 0 spiro atoms. The molecular weight excluding hydrogens is 419 g/mol. The van der Waals surface area contributed by atoms with Gasteiger partial charge in [0, 0.05) is 34.9 Å². The van der Waals surface area contributed by atoms with E-state index in [1.54, 1.807) is 25.4 Å². The Morgan fingerprint density at radius 2 is 1.82 bits per heavy atom. The van der Waals surface area contributed by atoms with Crippen LogP contribution in [0.15, 0.2) is 60.8 Å². The fraction of sp³-hybridized carbons (Fsp3) is 0.190. The van der Waals surface area contributed by atoms with Gasteiger partial charge < -0.3 is 14.8 Å². The van der Waals surface area contributed by atoms with Crippen molar-refractivity contribution in [2.24, 2.45) is 0 Å². The van der Waals surface area contributed by atoms with E-state index in [0.29, 0.717) is 41.2 Å². The van der Waals surface area contributed by atoms with Gasteiger partial charge in [-0.15, -0.1) is 12.4 Å². The summed E-state index contributed by atoms with van der Waals surface area (Å²) in [5.74, 6) is 1.34. The standard InChI is InChI=1S/C21H20Cl2N2O2.ClH/c1-26-21-10-15(12-24-13-18-4-2-3-9-25-18)5-8-20(21)27-14-16-6-7-17(22)11-19(16)23;/h2-11,24H,12-14H2,1H3;1H. The molecule has 0 fully saturated rings. The zero-order valence-electron chi connectivity index (χ0n) is 15.3. The number of hydrogen-bond donors (Lipinski definition) is 1. The van der Waals surface area contributed by atoms with Crippen molar-refractivity contribution < 1.29 is 9.47 Å². The lowest BCUT2D eigenvalue weighted by Crippen LogP contribution is -2.13. The highest BCUT2D eigenvalue weighted by atomic mass is 35.5. The SMILES string of the molecule is COc1cc(CNCc2ccccn2)ccc1OCc1ccc(Cl)cc1Cl.Cl. The Hall–Kier alpha value is -1.98. The van der Waals surface area contributed by atoms with Gasteiger partial charge in [-0.1, -0.05) is 41.4 Å². The number of benzene rings is 2. The summed E-state index contributed by atoms with van der Waals surface area (Å²) in [5, 5.41) is 4.55. The van der Waals surface area contributed by atoms with Gasteiger partial charge in [0.05, 0.1) is 12.8 Å². The number of methoxy groups -OCH3 is 1. The monoisotopic (exact) mass is 438 g/mol. The first kappa shape index (κ1) is 22.3. The van der Waals surface area contributed by atoms with Gasteiger partial charge >= 0.3 is 0 Å². The molecule has 0 aliphatic heterocycles. The van der Waals surface area contributed by atoms with E-state index in [1.807, 2.05) is 42.5 Å². The van der Waals surface area contributed by atoms with Gasteiger partial charge in [0.25, 0.3) is 0 Å². The van der Waals surface area contributed by atoms with Crippen LogP contribution in [0, 0.1) is 0 Å². The van der Waals surface area contributed by atoms with Crippen LogP contribution in [0.5, 0.6) is 11.5 Å². The van der Waals surface area contributed by atoms with Crippen LogP contribution in [0.1, 0.15) is 16.8 Å². The largest absolute Gasteiger partial charge is 0.493 e. The molecule has 1 aromatic heterocycles. The number of halogens is 3. The Kier molecular flexibility index (Phi) is 8.87. The number of aromatic nitrogens is 1. The second kappa shape index (κ2) is 11.1. The van der Waals surface area contributed by atoms with Crippen LogP contribution in [0.25, 0.3) is 0 Å². The summed E-state index contributed by atoms with van der Waals surface area (Å²) in [6, 6.07) is 17.1. The Morgan fingerprint density at radius 1 is 0.964 bits per heavy atom. The average Bonchev–Trinajstić information content (AvgIpc) is 2.68. The van der Waals surface area contributed by atoms with Crippen molar-refractivity contribution in [1.29, 1.82) is 0 Å². The Morgan fingerprint density at radius 3 is 2.54 bits per heavy atom. The van der Waals surface area contributed by atoms with Gasteiger partial charge in [0.1, 0.15) is 6.61 Å². The predicted octanol–water partition coefficient (Wildman–Crippen LogP) is 5.69. The van der Waals surface area contributed by atoms with Crippen molar-refractivity contribution in [2.45, 2.75) is 19.7 Å². The minimum atomic E-state index is 0. The van der Waals surface area contributed by atoms with Crippen LogP contribution in [-0.4, -0.2) is 12.1 Å². The van der Waals surface area contributed by atoms with Crippen molar-refractivity contribution in [1.82, 2.24) is 10.3 Å². The maximum absolute atomic E-state index is 6.19. The highest BCUT2D eigenvalue weighted by Crippen LogP contribution is 2.30. The molecule has 3 aromatic rings. The number of hydrogen-bond acceptors (Lipinski definition) is 4. The van der Waals surface area contributed by atoms with E-state index in [4.69, 9.17) is 32.7 Å². The zero-order chi connectivity index (χ0) is 19.1. The lowest BCUT2D eigenvalue weighted by Gasteiger charge is -2.13. The van der Waals surface area contributed by atoms with Gasteiger partial charge in [-0.2, -0.15) is 0 Å². The number of rotatable bonds is 8. The third-order valence-electron chi connectivity index (χ3n) is 3.99. The normalized spacial score (nSPS) is 10.2. The topological polar surface area (TPSA) is 43.4 Å². The molecule has 0 radical (unpaired) electrons. The van der Waals surface area contributed by atoms with E-state index in [0.717, 1.165) is 16.8 Å². The summed E-state index contributed by atoms with van der Waals surface area (Å²) < 4.78 is 11.3. The van der Waals surface area contributed by atoms with Crippen molar-refractivity contribution in [3.63, 3.8) is 0 Å². The summed E-state index contributed by atoms with van der Waals surface area (Å²) in [4.78, 5) is 4.30. The Labute approximate surface area is 181 Å². The van der Waals surface area contributed by atoms with Crippen LogP contribution in [0.3, 0.4) is 0 Å². The first-order valence-electron chi connectivity index (χ1n) is 8.50. The van der Waals surface area contributed by atoms with Crippen molar-refractivity contribution in [2.75, 3.05) is 7.11 Å². The molecule has 7 heteroatoms. The van der Waals surface area contributed by atoms with Crippen LogP contribution in [0.4, 0.5) is 0 Å². The summed E-state index contributed by atoms with van der Waals surface area (Å²) in [6.07, 6.45) is 1.79. The summed E-state index contributed by atoms with van der Waals surface area (Å²) in [6.45, 7) is 1.75. The predicted molar refractivity (Wildman–Crippen MR) is 116 cm³/mol. The smallest absolute Gasteiger partial charge is 0.161 e. The van der Waals surface area contributed by atoms with E-state index in [2.05, 4.69) is 10.3 Å².